The van der Waals surface area contributed by atoms with E-state index in [1.165, 1.54) is 32.1 Å². The molecule has 0 spiro atoms. The highest BCUT2D eigenvalue weighted by Gasteiger charge is 2.37. The van der Waals surface area contributed by atoms with Gasteiger partial charge in [-0.2, -0.15) is 0 Å². The van der Waals surface area contributed by atoms with Gasteiger partial charge in [-0.1, -0.05) is 19.3 Å². The number of nitrogens with zero attached hydrogens (tertiary/aromatic N) is 1. The van der Waals surface area contributed by atoms with Crippen LogP contribution in [-0.4, -0.2) is 34.0 Å². The molecule has 0 saturated heterocycles. The molecule has 1 saturated carbocycles. The average molecular weight is 273 g/mol. The van der Waals surface area contributed by atoms with Gasteiger partial charge in [0.25, 0.3) is 0 Å². The summed E-state index contributed by atoms with van der Waals surface area (Å²) in [6, 6.07) is 0.431. The zero-order valence-electron chi connectivity index (χ0n) is 12.2. The van der Waals surface area contributed by atoms with Gasteiger partial charge in [-0.15, -0.1) is 0 Å². The minimum atomic E-state index is -2.53. The molecule has 0 atom stereocenters. The first-order valence-corrected chi connectivity index (χ1v) is 9.33. The van der Waals surface area contributed by atoms with Gasteiger partial charge in [0.05, 0.1) is 6.04 Å². The van der Waals surface area contributed by atoms with Crippen molar-refractivity contribution in [3.63, 3.8) is 0 Å². The monoisotopic (exact) mass is 273 g/mol. The Labute approximate surface area is 112 Å². The van der Waals surface area contributed by atoms with Crippen molar-refractivity contribution in [3.8, 4) is 0 Å². The molecule has 106 valence electrons. The lowest BCUT2D eigenvalue weighted by Gasteiger charge is -2.26. The van der Waals surface area contributed by atoms with Gasteiger partial charge in [-0.3, -0.25) is 4.99 Å². The van der Waals surface area contributed by atoms with E-state index in [2.05, 4.69) is 4.99 Å². The molecule has 1 rings (SSSR count). The van der Waals surface area contributed by atoms with Crippen molar-refractivity contribution >= 4 is 14.7 Å². The normalized spacial score (nSPS) is 19.0. The van der Waals surface area contributed by atoms with Crippen LogP contribution >= 0.6 is 0 Å². The van der Waals surface area contributed by atoms with Crippen LogP contribution in [0.2, 0.25) is 6.55 Å². The molecule has 18 heavy (non-hydrogen) atoms. The zero-order valence-corrected chi connectivity index (χ0v) is 13.2. The quantitative estimate of drug-likeness (QED) is 0.423. The summed E-state index contributed by atoms with van der Waals surface area (Å²) >= 11 is 0. The number of hydrogen-bond donors (Lipinski definition) is 0. The maximum Gasteiger partial charge on any atom is 0.563 e. The average Bonchev–Trinajstić information content (AvgIpc) is 2.30. The van der Waals surface area contributed by atoms with Gasteiger partial charge in [0.1, 0.15) is 0 Å². The molecule has 1 aliphatic carbocycles. The Morgan fingerprint density at radius 3 is 2.17 bits per heavy atom. The van der Waals surface area contributed by atoms with Crippen LogP contribution in [-0.2, 0) is 13.3 Å². The second-order valence-corrected chi connectivity index (χ2v) is 7.28. The Bertz CT molecular complexity index is 259. The number of hydrogen-bond acceptors (Lipinski definition) is 4. The van der Waals surface area contributed by atoms with Crippen molar-refractivity contribution in [2.24, 2.45) is 4.99 Å². The molecule has 0 aromatic rings. The summed E-state index contributed by atoms with van der Waals surface area (Å²) < 4.78 is 17.2. The third-order valence-corrected chi connectivity index (χ3v) is 5.38. The van der Waals surface area contributed by atoms with Crippen LogP contribution in [0.1, 0.15) is 52.9 Å². The van der Waals surface area contributed by atoms with Crippen LogP contribution in [0.5, 0.6) is 0 Å². The Morgan fingerprint density at radius 1 is 1.11 bits per heavy atom. The summed E-state index contributed by atoms with van der Waals surface area (Å²) in [5.41, 5.74) is 0. The molecule has 0 bridgehead atoms. The van der Waals surface area contributed by atoms with Crippen LogP contribution in [0.4, 0.5) is 0 Å². The summed E-state index contributed by atoms with van der Waals surface area (Å²) in [4.78, 5) is 4.65. The third-order valence-electron chi connectivity index (χ3n) is 3.09. The van der Waals surface area contributed by atoms with E-state index in [9.17, 15) is 0 Å². The first-order chi connectivity index (χ1) is 8.59. The van der Waals surface area contributed by atoms with Crippen molar-refractivity contribution in [3.05, 3.63) is 0 Å². The summed E-state index contributed by atoms with van der Waals surface area (Å²) in [7, 11) is -2.53. The van der Waals surface area contributed by atoms with Crippen LogP contribution in [0, 0.1) is 0 Å². The van der Waals surface area contributed by atoms with Crippen molar-refractivity contribution in [2.45, 2.75) is 65.5 Å². The Kier molecular flexibility index (Phi) is 6.89. The van der Waals surface area contributed by atoms with Crippen LogP contribution < -0.4 is 0 Å². The van der Waals surface area contributed by atoms with E-state index in [-0.39, 0.29) is 0 Å². The lowest BCUT2D eigenvalue weighted by atomic mass is 9.96. The highest BCUT2D eigenvalue weighted by atomic mass is 28.4. The fourth-order valence-corrected chi connectivity index (χ4v) is 4.23. The second kappa shape index (κ2) is 7.91. The molecular formula is C13H27NO3Si. The molecule has 0 N–H and O–H groups in total. The molecule has 0 aliphatic heterocycles. The highest BCUT2D eigenvalue weighted by Crippen LogP contribution is 2.21. The zero-order chi connectivity index (χ0) is 13.4. The molecular weight excluding hydrogens is 246 g/mol. The smallest absolute Gasteiger partial charge is 0.490 e. The summed E-state index contributed by atoms with van der Waals surface area (Å²) in [5.74, 6) is 0.720. The molecule has 0 aromatic carbocycles. The largest absolute Gasteiger partial charge is 0.563 e. The van der Waals surface area contributed by atoms with E-state index in [0.717, 1.165) is 5.90 Å². The molecule has 0 unspecified atom stereocenters. The standard InChI is InChI=1S/C13H27NO3Si/c1-5-15-18(4,16-6-2)17-12(3)14-13-10-8-7-9-11-13/h13H,5-11H2,1-4H3. The van der Waals surface area contributed by atoms with Crippen LogP contribution in [0.3, 0.4) is 0 Å². The molecule has 4 nitrogen and oxygen atoms in total. The minimum Gasteiger partial charge on any atom is -0.490 e. The molecule has 1 aliphatic rings. The Balaban J connectivity index is 2.53. The fourth-order valence-electron chi connectivity index (χ4n) is 2.39. The van der Waals surface area contributed by atoms with E-state index < -0.39 is 8.80 Å². The second-order valence-electron chi connectivity index (χ2n) is 4.77. The maximum absolute atomic E-state index is 5.87. The summed E-state index contributed by atoms with van der Waals surface area (Å²) in [5, 5.41) is 0. The van der Waals surface area contributed by atoms with Gasteiger partial charge in [0, 0.05) is 26.7 Å². The van der Waals surface area contributed by atoms with Crippen molar-refractivity contribution < 1.29 is 13.3 Å². The van der Waals surface area contributed by atoms with Gasteiger partial charge in [-0.05, 0) is 26.7 Å². The van der Waals surface area contributed by atoms with Gasteiger partial charge in [-0.25, -0.2) is 0 Å². The Morgan fingerprint density at radius 2 is 1.67 bits per heavy atom. The van der Waals surface area contributed by atoms with Crippen LogP contribution in [0.25, 0.3) is 0 Å². The van der Waals surface area contributed by atoms with E-state index in [4.69, 9.17) is 13.3 Å². The predicted octanol–water partition coefficient (Wildman–Crippen LogP) is 3.40. The molecule has 0 radical (unpaired) electrons. The third kappa shape index (κ3) is 5.50. The van der Waals surface area contributed by atoms with Crippen molar-refractivity contribution in [1.29, 1.82) is 0 Å². The maximum atomic E-state index is 5.87. The van der Waals surface area contributed by atoms with Crippen molar-refractivity contribution in [1.82, 2.24) is 0 Å². The van der Waals surface area contributed by atoms with E-state index in [0.29, 0.717) is 19.3 Å². The molecule has 5 heteroatoms. The predicted molar refractivity (Wildman–Crippen MR) is 75.9 cm³/mol. The lowest BCUT2D eigenvalue weighted by molar-refractivity contribution is 0.119. The molecule has 0 aromatic heterocycles. The summed E-state index contributed by atoms with van der Waals surface area (Å²) in [6.07, 6.45) is 6.28. The van der Waals surface area contributed by atoms with E-state index >= 15 is 0 Å². The lowest BCUT2D eigenvalue weighted by Crippen LogP contribution is -2.44. The molecule has 1 fully saturated rings. The van der Waals surface area contributed by atoms with Gasteiger partial charge in [0.2, 0.25) is 0 Å². The van der Waals surface area contributed by atoms with Crippen molar-refractivity contribution in [2.75, 3.05) is 13.2 Å². The topological polar surface area (TPSA) is 40.0 Å². The van der Waals surface area contributed by atoms with E-state index in [1.807, 2.05) is 27.3 Å². The van der Waals surface area contributed by atoms with E-state index in [1.54, 1.807) is 0 Å². The Hall–Kier alpha value is -0.393. The van der Waals surface area contributed by atoms with Gasteiger partial charge >= 0.3 is 8.80 Å². The highest BCUT2D eigenvalue weighted by molar-refractivity contribution is 6.61. The first-order valence-electron chi connectivity index (χ1n) is 7.11. The fraction of sp³-hybridized carbons (Fsp3) is 0.923. The van der Waals surface area contributed by atoms with Gasteiger partial charge < -0.3 is 13.3 Å². The molecule has 0 heterocycles. The summed E-state index contributed by atoms with van der Waals surface area (Å²) in [6.45, 7) is 8.99. The van der Waals surface area contributed by atoms with Gasteiger partial charge in [0.15, 0.2) is 5.90 Å². The van der Waals surface area contributed by atoms with Crippen LogP contribution in [0.15, 0.2) is 4.99 Å². The number of rotatable bonds is 6. The molecule has 0 amide bonds. The first kappa shape index (κ1) is 15.7. The SMILES string of the molecule is CCO[Si](C)(OCC)OC(C)=NC1CCCCC1. The minimum absolute atomic E-state index is 0.431. The number of aliphatic imine (C=N–C) groups is 1.